The molecule has 1 aliphatic heterocycles. The minimum atomic E-state index is -0.283. The lowest BCUT2D eigenvalue weighted by molar-refractivity contribution is -0.123. The van der Waals surface area contributed by atoms with Gasteiger partial charge in [-0.15, -0.1) is 0 Å². The van der Waals surface area contributed by atoms with Crippen LogP contribution in [0, 0.1) is 26.7 Å². The normalized spacial score (nSPS) is 14.4. The molecule has 2 amide bonds. The molecule has 6 heteroatoms. The largest absolute Gasteiger partial charge is 0.493 e. The first kappa shape index (κ1) is 22.7. The highest BCUT2D eigenvalue weighted by molar-refractivity contribution is 5.94. The summed E-state index contributed by atoms with van der Waals surface area (Å²) in [5.41, 5.74) is 10.3. The van der Waals surface area contributed by atoms with Crippen LogP contribution in [0.4, 0.5) is 0 Å². The number of hydrogen-bond donors (Lipinski definition) is 1. The molecule has 1 fully saturated rings. The highest BCUT2D eigenvalue weighted by Gasteiger charge is 2.27. The lowest BCUT2D eigenvalue weighted by Gasteiger charge is -2.30. The smallest absolute Gasteiger partial charge is 0.253 e. The molecule has 0 radical (unpaired) electrons. The van der Waals surface area contributed by atoms with Crippen LogP contribution in [0.5, 0.6) is 11.5 Å². The van der Waals surface area contributed by atoms with Crippen LogP contribution in [0.2, 0.25) is 0 Å². The van der Waals surface area contributed by atoms with Crippen molar-refractivity contribution in [1.82, 2.24) is 4.90 Å². The van der Waals surface area contributed by atoms with Gasteiger partial charge in [0.05, 0.1) is 6.61 Å². The van der Waals surface area contributed by atoms with Gasteiger partial charge in [-0.1, -0.05) is 6.07 Å². The Hall–Kier alpha value is -3.02. The summed E-state index contributed by atoms with van der Waals surface area (Å²) >= 11 is 0. The van der Waals surface area contributed by atoms with E-state index in [2.05, 4.69) is 13.0 Å². The summed E-state index contributed by atoms with van der Waals surface area (Å²) in [5, 5.41) is 0. The van der Waals surface area contributed by atoms with Crippen molar-refractivity contribution in [3.05, 3.63) is 58.1 Å². The minimum absolute atomic E-state index is 0.0465. The van der Waals surface area contributed by atoms with Crippen molar-refractivity contribution in [2.75, 3.05) is 19.7 Å². The van der Waals surface area contributed by atoms with Gasteiger partial charge >= 0.3 is 0 Å². The molecule has 2 aromatic carbocycles. The molecule has 0 unspecified atom stereocenters. The molecular weight excluding hydrogens is 392 g/mol. The van der Waals surface area contributed by atoms with Gasteiger partial charge in [0.15, 0.2) is 0 Å². The maximum atomic E-state index is 13.0. The molecule has 0 atom stereocenters. The molecule has 0 saturated carbocycles. The van der Waals surface area contributed by atoms with Crippen LogP contribution < -0.4 is 15.2 Å². The lowest BCUT2D eigenvalue weighted by Crippen LogP contribution is -2.41. The number of rotatable bonds is 7. The number of likely N-dealkylation sites (tertiary alicyclic amines) is 1. The summed E-state index contributed by atoms with van der Waals surface area (Å²) in [6.45, 7) is 10.0. The Morgan fingerprint density at radius 1 is 1.03 bits per heavy atom. The average Bonchev–Trinajstić information content (AvgIpc) is 2.75. The monoisotopic (exact) mass is 424 g/mol. The number of primary amides is 1. The van der Waals surface area contributed by atoms with Crippen LogP contribution in [-0.4, -0.2) is 36.4 Å². The van der Waals surface area contributed by atoms with Gasteiger partial charge in [0, 0.05) is 30.1 Å². The van der Waals surface area contributed by atoms with E-state index in [-0.39, 0.29) is 17.7 Å². The van der Waals surface area contributed by atoms with Crippen molar-refractivity contribution in [3.63, 3.8) is 0 Å². The predicted octanol–water partition coefficient (Wildman–Crippen LogP) is 3.93. The minimum Gasteiger partial charge on any atom is -0.493 e. The Kier molecular flexibility index (Phi) is 7.21. The fraction of sp³-hybridized carbons (Fsp3) is 0.440. The second-order valence-electron chi connectivity index (χ2n) is 8.22. The fourth-order valence-corrected chi connectivity index (χ4v) is 3.98. The second kappa shape index (κ2) is 9.86. The SMILES string of the molecule is CCOc1ccc(C(=O)N2CCC(C(N)=O)CC2)cc1COc1cc(C)cc(C)c1C. The highest BCUT2D eigenvalue weighted by Crippen LogP contribution is 2.28. The molecule has 1 heterocycles. The number of nitrogens with zero attached hydrogens (tertiary/aromatic N) is 1. The molecule has 1 aliphatic rings. The zero-order valence-corrected chi connectivity index (χ0v) is 18.9. The van der Waals surface area contributed by atoms with Gasteiger partial charge in [-0.3, -0.25) is 9.59 Å². The van der Waals surface area contributed by atoms with E-state index >= 15 is 0 Å². The molecule has 3 rings (SSSR count). The number of nitrogens with two attached hydrogens (primary N) is 1. The maximum absolute atomic E-state index is 13.0. The summed E-state index contributed by atoms with van der Waals surface area (Å²) in [5.74, 6) is 1.08. The van der Waals surface area contributed by atoms with Crippen molar-refractivity contribution in [3.8, 4) is 11.5 Å². The zero-order chi connectivity index (χ0) is 22.5. The van der Waals surface area contributed by atoms with E-state index in [4.69, 9.17) is 15.2 Å². The first-order valence-electron chi connectivity index (χ1n) is 10.8. The molecule has 2 N–H and O–H groups in total. The third-order valence-corrected chi connectivity index (χ3v) is 5.94. The van der Waals surface area contributed by atoms with Crippen LogP contribution in [-0.2, 0) is 11.4 Å². The zero-order valence-electron chi connectivity index (χ0n) is 18.9. The Morgan fingerprint density at radius 2 is 1.74 bits per heavy atom. The topological polar surface area (TPSA) is 81.9 Å². The molecule has 1 saturated heterocycles. The standard InChI is InChI=1S/C25H32N2O4/c1-5-30-22-7-6-20(25(29)27-10-8-19(9-11-27)24(26)28)14-21(22)15-31-23-13-16(2)12-17(3)18(23)4/h6-7,12-14,19H,5,8-11,15H2,1-4H3,(H2,26,28). The highest BCUT2D eigenvalue weighted by atomic mass is 16.5. The van der Waals surface area contributed by atoms with Crippen molar-refractivity contribution in [1.29, 1.82) is 0 Å². The Bertz CT molecular complexity index is 962. The average molecular weight is 425 g/mol. The number of piperidine rings is 1. The summed E-state index contributed by atoms with van der Waals surface area (Å²) in [6.07, 6.45) is 1.22. The van der Waals surface area contributed by atoms with Crippen LogP contribution in [0.1, 0.15) is 52.4 Å². The lowest BCUT2D eigenvalue weighted by atomic mass is 9.95. The summed E-state index contributed by atoms with van der Waals surface area (Å²) in [4.78, 5) is 26.2. The molecule has 0 spiro atoms. The van der Waals surface area contributed by atoms with E-state index in [1.807, 2.05) is 39.0 Å². The summed E-state index contributed by atoms with van der Waals surface area (Å²) in [7, 11) is 0. The fourth-order valence-electron chi connectivity index (χ4n) is 3.98. The first-order valence-corrected chi connectivity index (χ1v) is 10.8. The number of benzene rings is 2. The number of carbonyl (C=O) groups excluding carboxylic acids is 2. The molecular formula is C25H32N2O4. The van der Waals surface area contributed by atoms with Crippen LogP contribution in [0.25, 0.3) is 0 Å². The predicted molar refractivity (Wildman–Crippen MR) is 120 cm³/mol. The van der Waals surface area contributed by atoms with E-state index < -0.39 is 0 Å². The molecule has 31 heavy (non-hydrogen) atoms. The van der Waals surface area contributed by atoms with E-state index in [1.165, 1.54) is 5.56 Å². The third-order valence-electron chi connectivity index (χ3n) is 5.94. The van der Waals surface area contributed by atoms with Gasteiger partial charge in [-0.05, 0) is 81.5 Å². The van der Waals surface area contributed by atoms with Crippen LogP contribution in [0.3, 0.4) is 0 Å². The third kappa shape index (κ3) is 5.37. The quantitative estimate of drug-likeness (QED) is 0.730. The van der Waals surface area contributed by atoms with Crippen molar-refractivity contribution >= 4 is 11.8 Å². The first-order chi connectivity index (χ1) is 14.8. The van der Waals surface area contributed by atoms with Gasteiger partial charge in [0.2, 0.25) is 5.91 Å². The Balaban J connectivity index is 1.78. The molecule has 0 aromatic heterocycles. The number of hydrogen-bond acceptors (Lipinski definition) is 4. The maximum Gasteiger partial charge on any atom is 0.253 e. The Labute approximate surface area is 184 Å². The molecule has 2 aromatic rings. The molecule has 0 aliphatic carbocycles. The number of amides is 2. The van der Waals surface area contributed by atoms with Gasteiger partial charge < -0.3 is 20.1 Å². The van der Waals surface area contributed by atoms with Crippen LogP contribution in [0.15, 0.2) is 30.3 Å². The number of ether oxygens (including phenoxy) is 2. The van der Waals surface area contributed by atoms with E-state index in [0.717, 1.165) is 22.4 Å². The van der Waals surface area contributed by atoms with E-state index in [0.29, 0.717) is 50.5 Å². The van der Waals surface area contributed by atoms with Gasteiger partial charge in [-0.2, -0.15) is 0 Å². The van der Waals surface area contributed by atoms with Crippen LogP contribution >= 0.6 is 0 Å². The van der Waals surface area contributed by atoms with Crippen molar-refractivity contribution in [2.45, 2.75) is 47.1 Å². The molecule has 6 nitrogen and oxygen atoms in total. The Morgan fingerprint density at radius 3 is 2.39 bits per heavy atom. The molecule has 0 bridgehead atoms. The summed E-state index contributed by atoms with van der Waals surface area (Å²) < 4.78 is 11.9. The van der Waals surface area contributed by atoms with Gasteiger partial charge in [0.25, 0.3) is 5.91 Å². The van der Waals surface area contributed by atoms with Crippen molar-refractivity contribution in [2.24, 2.45) is 11.7 Å². The van der Waals surface area contributed by atoms with Crippen molar-refractivity contribution < 1.29 is 19.1 Å². The van der Waals surface area contributed by atoms with E-state index in [1.54, 1.807) is 11.0 Å². The summed E-state index contributed by atoms with van der Waals surface area (Å²) in [6, 6.07) is 9.64. The molecule has 166 valence electrons. The van der Waals surface area contributed by atoms with E-state index in [9.17, 15) is 9.59 Å². The number of aryl methyl sites for hydroxylation is 2. The van der Waals surface area contributed by atoms with Gasteiger partial charge in [-0.25, -0.2) is 0 Å². The second-order valence-corrected chi connectivity index (χ2v) is 8.22. The number of carbonyl (C=O) groups is 2. The van der Waals surface area contributed by atoms with Gasteiger partial charge in [0.1, 0.15) is 18.1 Å².